The van der Waals surface area contributed by atoms with Crippen molar-refractivity contribution in [2.75, 3.05) is 36.5 Å². The van der Waals surface area contributed by atoms with Crippen molar-refractivity contribution in [3.05, 3.63) is 131 Å². The summed E-state index contributed by atoms with van der Waals surface area (Å²) in [6.07, 6.45) is 1.65. The lowest BCUT2D eigenvalue weighted by Crippen LogP contribution is -2.33. The zero-order valence-electron chi connectivity index (χ0n) is 23.5. The van der Waals surface area contributed by atoms with Gasteiger partial charge in [-0.2, -0.15) is 0 Å². The first-order valence-corrected chi connectivity index (χ1v) is 14.4. The lowest BCUT2D eigenvalue weighted by atomic mass is 9.90. The summed E-state index contributed by atoms with van der Waals surface area (Å²) in [5.74, 6) is -0.786. The van der Waals surface area contributed by atoms with Crippen LogP contribution in [-0.2, 0) is 22.5 Å². The van der Waals surface area contributed by atoms with Crippen LogP contribution in [0, 0.1) is 0 Å². The third kappa shape index (κ3) is 7.02. The van der Waals surface area contributed by atoms with Crippen molar-refractivity contribution in [2.24, 2.45) is 0 Å². The molecular weight excluding hydrogens is 510 g/mol. The minimum absolute atomic E-state index is 0.148. The van der Waals surface area contributed by atoms with Crippen LogP contribution in [0.1, 0.15) is 51.9 Å². The first kappa shape index (κ1) is 28.1. The molecule has 0 fully saturated rings. The van der Waals surface area contributed by atoms with E-state index < -0.39 is 5.92 Å². The van der Waals surface area contributed by atoms with E-state index in [4.69, 9.17) is 4.74 Å². The van der Waals surface area contributed by atoms with Gasteiger partial charge in [-0.1, -0.05) is 84.9 Å². The van der Waals surface area contributed by atoms with Gasteiger partial charge in [-0.15, -0.1) is 0 Å². The number of anilines is 2. The number of rotatable bonds is 11. The fraction of sp³-hybridized carbons (Fsp3) is 0.257. The maximum Gasteiger partial charge on any atom is 0.253 e. The van der Waals surface area contributed by atoms with Gasteiger partial charge in [0.25, 0.3) is 5.91 Å². The van der Waals surface area contributed by atoms with Crippen molar-refractivity contribution in [3.63, 3.8) is 0 Å². The van der Waals surface area contributed by atoms with E-state index in [9.17, 15) is 9.59 Å². The van der Waals surface area contributed by atoms with E-state index in [0.717, 1.165) is 42.7 Å². The molecule has 41 heavy (non-hydrogen) atoms. The Balaban J connectivity index is 1.42. The molecule has 0 aromatic heterocycles. The van der Waals surface area contributed by atoms with Gasteiger partial charge in [0.1, 0.15) is 0 Å². The van der Waals surface area contributed by atoms with Crippen LogP contribution in [0.25, 0.3) is 0 Å². The lowest BCUT2D eigenvalue weighted by molar-refractivity contribution is -0.116. The molecule has 6 nitrogen and oxygen atoms in total. The molecule has 0 saturated carbocycles. The van der Waals surface area contributed by atoms with Crippen molar-refractivity contribution in [3.8, 4) is 0 Å². The van der Waals surface area contributed by atoms with Crippen LogP contribution in [0.4, 0.5) is 11.4 Å². The Morgan fingerprint density at radius 3 is 2.20 bits per heavy atom. The van der Waals surface area contributed by atoms with Crippen LogP contribution >= 0.6 is 0 Å². The van der Waals surface area contributed by atoms with Gasteiger partial charge in [0, 0.05) is 44.2 Å². The summed E-state index contributed by atoms with van der Waals surface area (Å²) in [5.41, 5.74) is 6.44. The van der Waals surface area contributed by atoms with Gasteiger partial charge < -0.3 is 20.3 Å². The Hall–Kier alpha value is -4.42. The van der Waals surface area contributed by atoms with E-state index in [1.165, 1.54) is 11.1 Å². The molecule has 4 aromatic carbocycles. The van der Waals surface area contributed by atoms with Crippen molar-refractivity contribution in [1.82, 2.24) is 5.32 Å². The van der Waals surface area contributed by atoms with Crippen molar-refractivity contribution in [1.29, 1.82) is 0 Å². The average Bonchev–Trinajstić information content (AvgIpc) is 3.02. The van der Waals surface area contributed by atoms with E-state index in [1.807, 2.05) is 79.7 Å². The molecule has 5 rings (SSSR count). The first-order valence-electron chi connectivity index (χ1n) is 14.4. The second-order valence-electron chi connectivity index (χ2n) is 10.2. The Labute approximate surface area is 242 Å². The molecule has 1 aliphatic rings. The second-order valence-corrected chi connectivity index (χ2v) is 10.2. The first-order chi connectivity index (χ1) is 20.1. The number of carbonyl (C=O) groups excluding carboxylic acids is 2. The molecule has 2 amide bonds. The summed E-state index contributed by atoms with van der Waals surface area (Å²) < 4.78 is 5.42. The number of ether oxygens (including phenoxy) is 1. The van der Waals surface area contributed by atoms with Crippen LogP contribution in [0.3, 0.4) is 0 Å². The van der Waals surface area contributed by atoms with Gasteiger partial charge in [0.05, 0.1) is 11.5 Å². The molecular formula is C35H37N3O3. The van der Waals surface area contributed by atoms with Gasteiger partial charge in [-0.25, -0.2) is 0 Å². The number of hydrogen-bond donors (Lipinski definition) is 2. The largest absolute Gasteiger partial charge is 0.382 e. The summed E-state index contributed by atoms with van der Waals surface area (Å²) in [6.45, 7) is 5.28. The molecule has 210 valence electrons. The van der Waals surface area contributed by atoms with Crippen molar-refractivity contribution < 1.29 is 14.3 Å². The molecule has 0 atom stereocenters. The Morgan fingerprint density at radius 1 is 0.854 bits per heavy atom. The smallest absolute Gasteiger partial charge is 0.253 e. The van der Waals surface area contributed by atoms with E-state index in [1.54, 1.807) is 6.07 Å². The number of carbonyl (C=O) groups is 2. The molecule has 0 saturated heterocycles. The van der Waals surface area contributed by atoms with Gasteiger partial charge in [-0.05, 0) is 60.2 Å². The molecule has 0 radical (unpaired) electrons. The van der Waals surface area contributed by atoms with E-state index in [0.29, 0.717) is 31.0 Å². The maximum atomic E-state index is 13.8. The van der Waals surface area contributed by atoms with Crippen molar-refractivity contribution >= 4 is 23.2 Å². The van der Waals surface area contributed by atoms with Gasteiger partial charge in [-0.3, -0.25) is 9.59 Å². The summed E-state index contributed by atoms with van der Waals surface area (Å²) >= 11 is 0. The van der Waals surface area contributed by atoms with Crippen molar-refractivity contribution in [2.45, 2.75) is 32.2 Å². The highest BCUT2D eigenvalue weighted by Gasteiger charge is 2.25. The molecule has 0 unspecified atom stereocenters. The maximum absolute atomic E-state index is 13.8. The molecule has 2 N–H and O–H groups in total. The lowest BCUT2D eigenvalue weighted by Gasteiger charge is -2.32. The molecule has 6 heteroatoms. The normalized spacial score (nSPS) is 12.6. The van der Waals surface area contributed by atoms with E-state index >= 15 is 0 Å². The quantitative estimate of drug-likeness (QED) is 0.220. The molecule has 0 aliphatic carbocycles. The Bertz CT molecular complexity index is 1420. The van der Waals surface area contributed by atoms with Crippen LogP contribution in [0.2, 0.25) is 0 Å². The van der Waals surface area contributed by atoms with Gasteiger partial charge in [0.15, 0.2) is 0 Å². The zero-order valence-corrected chi connectivity index (χ0v) is 23.5. The number of nitrogens with zero attached hydrogens (tertiary/aromatic N) is 1. The van der Waals surface area contributed by atoms with Crippen LogP contribution in [0.5, 0.6) is 0 Å². The number of fused-ring (bicyclic) bond motifs is 1. The second kappa shape index (κ2) is 13.8. The summed E-state index contributed by atoms with van der Waals surface area (Å²) in [5, 5.41) is 6.16. The number of nitrogens with one attached hydrogen (secondary N) is 2. The Kier molecular flexibility index (Phi) is 9.45. The summed E-state index contributed by atoms with van der Waals surface area (Å²) in [4.78, 5) is 29.5. The zero-order chi connectivity index (χ0) is 28.4. The van der Waals surface area contributed by atoms with E-state index in [2.05, 4.69) is 39.8 Å². The number of hydrogen-bond acceptors (Lipinski definition) is 4. The fourth-order valence-electron chi connectivity index (χ4n) is 5.39. The van der Waals surface area contributed by atoms with Crippen LogP contribution < -0.4 is 15.5 Å². The summed E-state index contributed by atoms with van der Waals surface area (Å²) in [6, 6.07) is 33.6. The molecule has 0 bridgehead atoms. The monoisotopic (exact) mass is 547 g/mol. The molecule has 4 aromatic rings. The van der Waals surface area contributed by atoms with Crippen LogP contribution in [0.15, 0.2) is 103 Å². The van der Waals surface area contributed by atoms with Crippen LogP contribution in [-0.4, -0.2) is 38.1 Å². The highest BCUT2D eigenvalue weighted by atomic mass is 16.5. The topological polar surface area (TPSA) is 70.7 Å². The Morgan fingerprint density at radius 2 is 1.51 bits per heavy atom. The number of amides is 2. The van der Waals surface area contributed by atoms with Gasteiger partial charge in [0.2, 0.25) is 5.91 Å². The minimum Gasteiger partial charge on any atom is -0.382 e. The minimum atomic E-state index is -0.480. The fourth-order valence-corrected chi connectivity index (χ4v) is 5.39. The molecule has 0 spiro atoms. The SMILES string of the molecule is CCOCCCNC(=O)c1cc(NC(=O)C(c2ccccc2)c2ccccc2)ccc1N1CCc2ccccc2C1. The predicted octanol–water partition coefficient (Wildman–Crippen LogP) is 6.18. The third-order valence-electron chi connectivity index (χ3n) is 7.46. The summed E-state index contributed by atoms with van der Waals surface area (Å²) in [7, 11) is 0. The van der Waals surface area contributed by atoms with Gasteiger partial charge >= 0.3 is 0 Å². The highest BCUT2D eigenvalue weighted by Crippen LogP contribution is 2.31. The molecule has 1 heterocycles. The number of benzene rings is 4. The highest BCUT2D eigenvalue weighted by molar-refractivity contribution is 6.03. The average molecular weight is 548 g/mol. The predicted molar refractivity (Wildman–Crippen MR) is 164 cm³/mol. The molecule has 1 aliphatic heterocycles. The van der Waals surface area contributed by atoms with E-state index in [-0.39, 0.29) is 11.8 Å². The third-order valence-corrected chi connectivity index (χ3v) is 7.46. The standard InChI is InChI=1S/C35H37N3O3/c1-2-41-23-11-21-36-34(39)31-24-30(18-19-32(31)38-22-20-26-12-9-10-17-29(26)25-38)37-35(40)33(27-13-5-3-6-14-27)28-15-7-4-8-16-28/h3-10,12-19,24,33H,2,11,20-23,25H2,1H3,(H,36,39)(H,37,40).